The van der Waals surface area contributed by atoms with Gasteiger partial charge in [-0.25, -0.2) is 13.4 Å². The lowest BCUT2D eigenvalue weighted by Gasteiger charge is -2.36. The van der Waals surface area contributed by atoms with Gasteiger partial charge in [0.05, 0.1) is 16.7 Å². The van der Waals surface area contributed by atoms with Crippen molar-refractivity contribution in [2.24, 2.45) is 5.41 Å². The number of anilines is 1. The van der Waals surface area contributed by atoms with Gasteiger partial charge in [-0.05, 0) is 25.0 Å². The lowest BCUT2D eigenvalue weighted by molar-refractivity contribution is 0.0314. The second kappa shape index (κ2) is 6.52. The molecule has 0 bridgehead atoms. The lowest BCUT2D eigenvalue weighted by atomic mass is 9.82. The Labute approximate surface area is 140 Å². The third kappa shape index (κ3) is 3.93. The molecule has 130 valence electrons. The molecule has 0 radical (unpaired) electrons. The van der Waals surface area contributed by atoms with E-state index in [2.05, 4.69) is 15.3 Å². The SMILES string of the molecule is CS(=O)(=O)CC1(CNc2nc3ccccc3c(=O)[nH]2)CCOCC1. The van der Waals surface area contributed by atoms with Crippen LogP contribution in [0.2, 0.25) is 0 Å². The average molecular weight is 351 g/mol. The minimum Gasteiger partial charge on any atom is -0.381 e. The van der Waals surface area contributed by atoms with E-state index < -0.39 is 15.3 Å². The number of ether oxygens (including phenoxy) is 1. The number of hydrogen-bond acceptors (Lipinski definition) is 6. The lowest BCUT2D eigenvalue weighted by Crippen LogP contribution is -2.41. The van der Waals surface area contributed by atoms with Crippen LogP contribution >= 0.6 is 0 Å². The molecule has 0 atom stereocenters. The number of aromatic amines is 1. The summed E-state index contributed by atoms with van der Waals surface area (Å²) in [6, 6.07) is 7.10. The highest BCUT2D eigenvalue weighted by Crippen LogP contribution is 2.32. The van der Waals surface area contributed by atoms with Crippen LogP contribution in [0.4, 0.5) is 5.95 Å². The van der Waals surface area contributed by atoms with Crippen LogP contribution in [0.3, 0.4) is 0 Å². The number of aromatic nitrogens is 2. The summed E-state index contributed by atoms with van der Waals surface area (Å²) in [7, 11) is -3.12. The molecule has 1 aromatic carbocycles. The normalized spacial score (nSPS) is 17.7. The van der Waals surface area contributed by atoms with Crippen molar-refractivity contribution in [3.63, 3.8) is 0 Å². The van der Waals surface area contributed by atoms with Gasteiger partial charge in [-0.3, -0.25) is 9.78 Å². The van der Waals surface area contributed by atoms with Crippen LogP contribution in [0.25, 0.3) is 10.9 Å². The van der Waals surface area contributed by atoms with Gasteiger partial charge in [0.15, 0.2) is 0 Å². The molecule has 2 N–H and O–H groups in total. The molecule has 24 heavy (non-hydrogen) atoms. The molecule has 0 saturated carbocycles. The van der Waals surface area contributed by atoms with Crippen LogP contribution < -0.4 is 10.9 Å². The number of benzene rings is 1. The van der Waals surface area contributed by atoms with Crippen molar-refractivity contribution in [2.75, 3.05) is 37.1 Å². The van der Waals surface area contributed by atoms with Crippen LogP contribution in [0.15, 0.2) is 29.1 Å². The van der Waals surface area contributed by atoms with Crippen molar-refractivity contribution in [3.05, 3.63) is 34.6 Å². The van der Waals surface area contributed by atoms with Gasteiger partial charge < -0.3 is 10.1 Å². The maximum Gasteiger partial charge on any atom is 0.260 e. The highest BCUT2D eigenvalue weighted by molar-refractivity contribution is 7.90. The zero-order chi connectivity index (χ0) is 17.2. The maximum absolute atomic E-state index is 12.1. The number of sulfone groups is 1. The zero-order valence-corrected chi connectivity index (χ0v) is 14.4. The van der Waals surface area contributed by atoms with E-state index in [0.717, 1.165) is 0 Å². The third-order valence-electron chi connectivity index (χ3n) is 4.37. The Morgan fingerprint density at radius 3 is 2.71 bits per heavy atom. The smallest absolute Gasteiger partial charge is 0.260 e. The van der Waals surface area contributed by atoms with Crippen LogP contribution in [0, 0.1) is 5.41 Å². The van der Waals surface area contributed by atoms with Crippen molar-refractivity contribution in [1.29, 1.82) is 0 Å². The zero-order valence-electron chi connectivity index (χ0n) is 13.5. The number of hydrogen-bond donors (Lipinski definition) is 2. The summed E-state index contributed by atoms with van der Waals surface area (Å²) in [5.41, 5.74) is -0.0177. The largest absolute Gasteiger partial charge is 0.381 e. The summed E-state index contributed by atoms with van der Waals surface area (Å²) in [5.74, 6) is 0.451. The second-order valence-electron chi connectivity index (χ2n) is 6.47. The highest BCUT2D eigenvalue weighted by atomic mass is 32.2. The number of nitrogens with one attached hydrogen (secondary N) is 2. The van der Waals surface area contributed by atoms with E-state index in [4.69, 9.17) is 4.74 Å². The summed E-state index contributed by atoms with van der Waals surface area (Å²) in [6.45, 7) is 1.50. The second-order valence-corrected chi connectivity index (χ2v) is 8.61. The fraction of sp³-hybridized carbons (Fsp3) is 0.500. The van der Waals surface area contributed by atoms with E-state index in [1.165, 1.54) is 6.26 Å². The summed E-state index contributed by atoms with van der Waals surface area (Å²) in [6.07, 6.45) is 2.57. The summed E-state index contributed by atoms with van der Waals surface area (Å²) >= 11 is 0. The van der Waals surface area contributed by atoms with Crippen molar-refractivity contribution in [2.45, 2.75) is 12.8 Å². The van der Waals surface area contributed by atoms with Crippen molar-refractivity contribution >= 4 is 26.7 Å². The molecule has 1 aromatic heterocycles. The molecule has 0 aliphatic carbocycles. The molecule has 2 heterocycles. The first kappa shape index (κ1) is 16.9. The van der Waals surface area contributed by atoms with Gasteiger partial charge in [0.2, 0.25) is 5.95 Å². The van der Waals surface area contributed by atoms with Gasteiger partial charge in [-0.1, -0.05) is 12.1 Å². The first-order valence-corrected chi connectivity index (χ1v) is 9.91. The molecule has 3 rings (SSSR count). The number of para-hydroxylation sites is 1. The molecule has 8 heteroatoms. The Kier molecular flexibility index (Phi) is 4.60. The van der Waals surface area contributed by atoms with Crippen molar-refractivity contribution < 1.29 is 13.2 Å². The molecule has 0 amide bonds. The molecule has 1 saturated heterocycles. The van der Waals surface area contributed by atoms with Crippen molar-refractivity contribution in [1.82, 2.24) is 9.97 Å². The quantitative estimate of drug-likeness (QED) is 0.839. The molecular formula is C16H21N3O4S. The Balaban J connectivity index is 1.83. The number of nitrogens with zero attached hydrogens (tertiary/aromatic N) is 1. The highest BCUT2D eigenvalue weighted by Gasteiger charge is 2.36. The summed E-state index contributed by atoms with van der Waals surface area (Å²) < 4.78 is 29.0. The third-order valence-corrected chi connectivity index (χ3v) is 5.50. The number of fused-ring (bicyclic) bond motifs is 1. The number of rotatable bonds is 5. The van der Waals surface area contributed by atoms with Crippen LogP contribution in [0.5, 0.6) is 0 Å². The summed E-state index contributed by atoms with van der Waals surface area (Å²) in [5, 5.41) is 3.65. The van der Waals surface area contributed by atoms with Gasteiger partial charge >= 0.3 is 0 Å². The van der Waals surface area contributed by atoms with Crippen LogP contribution in [0.1, 0.15) is 12.8 Å². The van der Waals surface area contributed by atoms with E-state index in [1.807, 2.05) is 6.07 Å². The van der Waals surface area contributed by atoms with Gasteiger partial charge in [0.25, 0.3) is 5.56 Å². The Hall–Kier alpha value is -1.93. The molecule has 1 aliphatic heterocycles. The molecule has 1 aliphatic rings. The molecule has 2 aromatic rings. The fourth-order valence-electron chi connectivity index (χ4n) is 3.17. The predicted molar refractivity (Wildman–Crippen MR) is 93.1 cm³/mol. The Morgan fingerprint density at radius 1 is 1.29 bits per heavy atom. The Bertz CT molecular complexity index is 886. The van der Waals surface area contributed by atoms with Gasteiger partial charge in [0, 0.05) is 31.4 Å². The van der Waals surface area contributed by atoms with E-state index >= 15 is 0 Å². The molecule has 1 fully saturated rings. The van der Waals surface area contributed by atoms with E-state index in [0.29, 0.717) is 49.5 Å². The maximum atomic E-state index is 12.1. The first-order valence-electron chi connectivity index (χ1n) is 7.85. The number of H-pyrrole nitrogens is 1. The van der Waals surface area contributed by atoms with E-state index in [1.54, 1.807) is 18.2 Å². The average Bonchev–Trinajstić information content (AvgIpc) is 2.52. The molecule has 7 nitrogen and oxygen atoms in total. The van der Waals surface area contributed by atoms with Crippen LogP contribution in [-0.2, 0) is 14.6 Å². The molecule has 0 unspecified atom stereocenters. The topological polar surface area (TPSA) is 101 Å². The van der Waals surface area contributed by atoms with E-state index in [-0.39, 0.29) is 11.3 Å². The minimum atomic E-state index is -3.12. The van der Waals surface area contributed by atoms with Crippen molar-refractivity contribution in [3.8, 4) is 0 Å². The minimum absolute atomic E-state index is 0.0914. The van der Waals surface area contributed by atoms with Crippen LogP contribution in [-0.4, -0.2) is 50.2 Å². The summed E-state index contributed by atoms with van der Waals surface area (Å²) in [4.78, 5) is 19.2. The Morgan fingerprint density at radius 2 is 2.00 bits per heavy atom. The standard InChI is InChI=1S/C16H21N3O4S/c1-24(21,22)11-16(6-8-23-9-7-16)10-17-15-18-13-5-3-2-4-12(13)14(20)19-15/h2-5H,6-11H2,1H3,(H2,17,18,19,20). The molecular weight excluding hydrogens is 330 g/mol. The first-order chi connectivity index (χ1) is 11.4. The van der Waals surface area contributed by atoms with E-state index in [9.17, 15) is 13.2 Å². The fourth-order valence-corrected chi connectivity index (χ4v) is 4.68. The van der Waals surface area contributed by atoms with Gasteiger partial charge in [-0.2, -0.15) is 0 Å². The monoisotopic (exact) mass is 351 g/mol. The van der Waals surface area contributed by atoms with Gasteiger partial charge in [-0.15, -0.1) is 0 Å². The van der Waals surface area contributed by atoms with Gasteiger partial charge in [0.1, 0.15) is 9.84 Å². The predicted octanol–water partition coefficient (Wildman–Crippen LogP) is 1.18. The molecule has 0 spiro atoms.